The lowest BCUT2D eigenvalue weighted by molar-refractivity contribution is 0.0995. The molecule has 0 saturated carbocycles. The van der Waals surface area contributed by atoms with Crippen molar-refractivity contribution in [1.82, 2.24) is 9.78 Å². The molecule has 0 aliphatic rings. The third kappa shape index (κ3) is 1.55. The van der Waals surface area contributed by atoms with Gasteiger partial charge in [-0.1, -0.05) is 6.92 Å². The third-order valence-corrected chi connectivity index (χ3v) is 1.48. The summed E-state index contributed by atoms with van der Waals surface area (Å²) in [7, 11) is 0. The lowest BCUT2D eigenvalue weighted by Crippen LogP contribution is -2.14. The van der Waals surface area contributed by atoms with Gasteiger partial charge in [0, 0.05) is 12.7 Å². The van der Waals surface area contributed by atoms with Gasteiger partial charge >= 0.3 is 0 Å². The topological polar surface area (TPSA) is 86.9 Å². The Morgan fingerprint density at radius 2 is 2.42 bits per heavy atom. The van der Waals surface area contributed by atoms with E-state index in [1.165, 1.54) is 0 Å². The van der Waals surface area contributed by atoms with Crippen molar-refractivity contribution in [1.29, 1.82) is 0 Å². The van der Waals surface area contributed by atoms with E-state index in [4.69, 9.17) is 11.5 Å². The largest absolute Gasteiger partial charge is 0.396 e. The van der Waals surface area contributed by atoms with E-state index in [1.807, 2.05) is 6.92 Å². The van der Waals surface area contributed by atoms with Gasteiger partial charge < -0.3 is 11.5 Å². The van der Waals surface area contributed by atoms with E-state index in [-0.39, 0.29) is 5.69 Å². The summed E-state index contributed by atoms with van der Waals surface area (Å²) in [4.78, 5) is 10.7. The summed E-state index contributed by atoms with van der Waals surface area (Å²) in [6.07, 6.45) is 2.56. The molecule has 0 aromatic carbocycles. The molecule has 0 fully saturated rings. The van der Waals surface area contributed by atoms with Crippen molar-refractivity contribution in [3.8, 4) is 0 Å². The van der Waals surface area contributed by atoms with Crippen molar-refractivity contribution in [2.45, 2.75) is 19.9 Å². The predicted octanol–water partition coefficient (Wildman–Crippen LogP) is -0.0258. The first-order valence-electron chi connectivity index (χ1n) is 3.78. The summed E-state index contributed by atoms with van der Waals surface area (Å²) < 4.78 is 1.62. The lowest BCUT2D eigenvalue weighted by atomic mass is 10.4. The van der Waals surface area contributed by atoms with Gasteiger partial charge in [-0.15, -0.1) is 0 Å². The van der Waals surface area contributed by atoms with Crippen LogP contribution >= 0.6 is 0 Å². The fourth-order valence-corrected chi connectivity index (χ4v) is 0.972. The maximum atomic E-state index is 10.7. The second kappa shape index (κ2) is 3.25. The molecule has 0 aliphatic heterocycles. The van der Waals surface area contributed by atoms with Gasteiger partial charge in [-0.3, -0.25) is 9.48 Å². The number of primary amides is 1. The number of hydrogen-bond donors (Lipinski definition) is 2. The Kier molecular flexibility index (Phi) is 2.32. The maximum absolute atomic E-state index is 10.7. The van der Waals surface area contributed by atoms with Gasteiger partial charge in [0.25, 0.3) is 5.91 Å². The van der Waals surface area contributed by atoms with Crippen LogP contribution in [0.2, 0.25) is 0 Å². The Morgan fingerprint density at radius 1 is 1.75 bits per heavy atom. The van der Waals surface area contributed by atoms with Gasteiger partial charge in [0.1, 0.15) is 0 Å². The van der Waals surface area contributed by atoms with Crippen molar-refractivity contribution in [2.75, 3.05) is 5.73 Å². The van der Waals surface area contributed by atoms with E-state index in [0.29, 0.717) is 5.69 Å². The van der Waals surface area contributed by atoms with Crippen molar-refractivity contribution in [3.05, 3.63) is 11.9 Å². The Hall–Kier alpha value is -1.52. The Balaban J connectivity index is 2.92. The summed E-state index contributed by atoms with van der Waals surface area (Å²) in [5.41, 5.74) is 11.0. The van der Waals surface area contributed by atoms with E-state index in [2.05, 4.69) is 5.10 Å². The van der Waals surface area contributed by atoms with Crippen LogP contribution in [-0.4, -0.2) is 15.7 Å². The first-order chi connectivity index (χ1) is 5.65. The molecule has 66 valence electrons. The molecule has 12 heavy (non-hydrogen) atoms. The van der Waals surface area contributed by atoms with Gasteiger partial charge in [0.05, 0.1) is 5.69 Å². The summed E-state index contributed by atoms with van der Waals surface area (Å²) in [6.45, 7) is 2.76. The highest BCUT2D eigenvalue weighted by atomic mass is 16.1. The van der Waals surface area contributed by atoms with E-state index in [9.17, 15) is 4.79 Å². The summed E-state index contributed by atoms with van der Waals surface area (Å²) in [6, 6.07) is 0. The SMILES string of the molecule is CCCn1cc(N)c(C(N)=O)n1. The van der Waals surface area contributed by atoms with Crippen molar-refractivity contribution < 1.29 is 4.79 Å². The molecule has 0 saturated heterocycles. The van der Waals surface area contributed by atoms with Crippen LogP contribution in [-0.2, 0) is 6.54 Å². The van der Waals surface area contributed by atoms with Crippen LogP contribution in [0.3, 0.4) is 0 Å². The van der Waals surface area contributed by atoms with Crippen molar-refractivity contribution in [3.63, 3.8) is 0 Å². The monoisotopic (exact) mass is 168 g/mol. The summed E-state index contributed by atoms with van der Waals surface area (Å²) >= 11 is 0. The molecule has 1 aromatic heterocycles. The average molecular weight is 168 g/mol. The van der Waals surface area contributed by atoms with E-state index >= 15 is 0 Å². The fraction of sp³-hybridized carbons (Fsp3) is 0.429. The lowest BCUT2D eigenvalue weighted by Gasteiger charge is -1.94. The van der Waals surface area contributed by atoms with E-state index < -0.39 is 5.91 Å². The fourth-order valence-electron chi connectivity index (χ4n) is 0.972. The minimum atomic E-state index is -0.581. The van der Waals surface area contributed by atoms with Gasteiger partial charge in [0.15, 0.2) is 5.69 Å². The minimum absolute atomic E-state index is 0.156. The summed E-state index contributed by atoms with van der Waals surface area (Å²) in [5.74, 6) is -0.581. The van der Waals surface area contributed by atoms with Gasteiger partial charge in [-0.05, 0) is 6.42 Å². The van der Waals surface area contributed by atoms with E-state index in [1.54, 1.807) is 10.9 Å². The molecule has 5 nitrogen and oxygen atoms in total. The molecule has 0 spiro atoms. The van der Waals surface area contributed by atoms with Crippen LogP contribution in [0.25, 0.3) is 0 Å². The van der Waals surface area contributed by atoms with E-state index in [0.717, 1.165) is 13.0 Å². The number of nitrogens with two attached hydrogens (primary N) is 2. The molecule has 0 aliphatic carbocycles. The Bertz CT molecular complexity index is 292. The number of nitrogens with zero attached hydrogens (tertiary/aromatic N) is 2. The molecule has 1 rings (SSSR count). The molecule has 1 amide bonds. The van der Waals surface area contributed by atoms with Crippen LogP contribution in [0.15, 0.2) is 6.20 Å². The quantitative estimate of drug-likeness (QED) is 0.664. The number of aromatic nitrogens is 2. The number of hydrogen-bond acceptors (Lipinski definition) is 3. The van der Waals surface area contributed by atoms with Crippen LogP contribution < -0.4 is 11.5 Å². The second-order valence-corrected chi connectivity index (χ2v) is 2.56. The third-order valence-electron chi connectivity index (χ3n) is 1.48. The number of amides is 1. The number of carbonyl (C=O) groups excluding carboxylic acids is 1. The standard InChI is InChI=1S/C7H12N4O/c1-2-3-11-4-5(8)6(10-11)7(9)12/h4H,2-3,8H2,1H3,(H2,9,12). The molecular weight excluding hydrogens is 156 g/mol. The smallest absolute Gasteiger partial charge is 0.271 e. The number of nitrogen functional groups attached to an aromatic ring is 1. The van der Waals surface area contributed by atoms with Gasteiger partial charge in [-0.2, -0.15) is 5.10 Å². The Labute approximate surface area is 70.3 Å². The zero-order chi connectivity index (χ0) is 9.14. The zero-order valence-corrected chi connectivity index (χ0v) is 6.95. The molecule has 0 atom stereocenters. The molecule has 5 heteroatoms. The maximum Gasteiger partial charge on any atom is 0.271 e. The highest BCUT2D eigenvalue weighted by molar-refractivity contribution is 5.95. The van der Waals surface area contributed by atoms with Gasteiger partial charge in [-0.25, -0.2) is 0 Å². The number of anilines is 1. The number of rotatable bonds is 3. The van der Waals surface area contributed by atoms with Crippen molar-refractivity contribution >= 4 is 11.6 Å². The highest BCUT2D eigenvalue weighted by Gasteiger charge is 2.10. The molecule has 1 aromatic rings. The predicted molar refractivity (Wildman–Crippen MR) is 45.4 cm³/mol. The summed E-state index contributed by atoms with van der Waals surface area (Å²) in [5, 5.41) is 3.92. The molecule has 1 heterocycles. The normalized spacial score (nSPS) is 10.1. The molecule has 0 bridgehead atoms. The first-order valence-corrected chi connectivity index (χ1v) is 3.78. The van der Waals surface area contributed by atoms with Crippen LogP contribution in [0.1, 0.15) is 23.8 Å². The van der Waals surface area contributed by atoms with Crippen LogP contribution in [0.5, 0.6) is 0 Å². The second-order valence-electron chi connectivity index (χ2n) is 2.56. The molecular formula is C7H12N4O. The molecule has 0 radical (unpaired) electrons. The molecule has 0 unspecified atom stereocenters. The van der Waals surface area contributed by atoms with Crippen LogP contribution in [0.4, 0.5) is 5.69 Å². The average Bonchev–Trinajstić information content (AvgIpc) is 2.32. The first kappa shape index (κ1) is 8.58. The van der Waals surface area contributed by atoms with Crippen LogP contribution in [0, 0.1) is 0 Å². The minimum Gasteiger partial charge on any atom is -0.396 e. The van der Waals surface area contributed by atoms with Crippen molar-refractivity contribution in [2.24, 2.45) is 5.73 Å². The highest BCUT2D eigenvalue weighted by Crippen LogP contribution is 2.07. The Morgan fingerprint density at radius 3 is 2.83 bits per heavy atom. The van der Waals surface area contributed by atoms with Gasteiger partial charge in [0.2, 0.25) is 0 Å². The number of carbonyl (C=O) groups is 1. The number of aryl methyl sites for hydroxylation is 1. The zero-order valence-electron chi connectivity index (χ0n) is 6.95. The molecule has 4 N–H and O–H groups in total.